The molecule has 5 nitrogen and oxygen atoms in total. The molecule has 0 aromatic heterocycles. The Kier molecular flexibility index (Phi) is 4.92. The first-order valence-corrected chi connectivity index (χ1v) is 8.21. The van der Waals surface area contributed by atoms with Gasteiger partial charge in [-0.3, -0.25) is 0 Å². The van der Waals surface area contributed by atoms with Gasteiger partial charge in [-0.2, -0.15) is 0 Å². The van der Waals surface area contributed by atoms with Gasteiger partial charge in [-0.15, -0.1) is 0 Å². The maximum Gasteiger partial charge on any atom is 0.243 e. The summed E-state index contributed by atoms with van der Waals surface area (Å²) in [5, 5.41) is 0. The molecule has 1 saturated heterocycles. The van der Waals surface area contributed by atoms with E-state index in [2.05, 4.69) is 9.62 Å². The molecule has 118 valence electrons. The van der Waals surface area contributed by atoms with E-state index >= 15 is 0 Å². The molecule has 0 spiro atoms. The molecule has 0 radical (unpaired) electrons. The zero-order valence-corrected chi connectivity index (χ0v) is 12.6. The van der Waals surface area contributed by atoms with Crippen molar-refractivity contribution in [2.24, 2.45) is 5.73 Å². The van der Waals surface area contributed by atoms with Crippen molar-refractivity contribution in [3.8, 4) is 0 Å². The Labute approximate surface area is 123 Å². The van der Waals surface area contributed by atoms with Gasteiger partial charge < -0.3 is 10.6 Å². The van der Waals surface area contributed by atoms with Crippen molar-refractivity contribution in [3.05, 3.63) is 29.3 Å². The van der Waals surface area contributed by atoms with Gasteiger partial charge in [0.25, 0.3) is 0 Å². The Morgan fingerprint density at radius 2 is 1.95 bits per heavy atom. The summed E-state index contributed by atoms with van der Waals surface area (Å²) in [4.78, 5) is 1.54. The van der Waals surface area contributed by atoms with Crippen LogP contribution in [0.1, 0.15) is 18.4 Å². The summed E-state index contributed by atoms with van der Waals surface area (Å²) in [6.07, 6.45) is 1.31. The highest BCUT2D eigenvalue weighted by Gasteiger charge is 2.27. The van der Waals surface area contributed by atoms with Crippen molar-refractivity contribution >= 4 is 10.0 Å². The van der Waals surface area contributed by atoms with E-state index in [4.69, 9.17) is 5.73 Å². The van der Waals surface area contributed by atoms with E-state index in [0.717, 1.165) is 25.2 Å². The molecule has 1 aliphatic rings. The fourth-order valence-electron chi connectivity index (χ4n) is 2.38. The highest BCUT2D eigenvalue weighted by molar-refractivity contribution is 7.89. The van der Waals surface area contributed by atoms with Crippen molar-refractivity contribution in [2.45, 2.75) is 30.3 Å². The number of piperidine rings is 1. The van der Waals surface area contributed by atoms with Gasteiger partial charge in [0.1, 0.15) is 10.7 Å². The molecular formula is C13H19F2N3O2S. The fourth-order valence-corrected chi connectivity index (χ4v) is 3.79. The molecule has 8 heteroatoms. The van der Waals surface area contributed by atoms with Crippen molar-refractivity contribution in [3.63, 3.8) is 0 Å². The van der Waals surface area contributed by atoms with Crippen molar-refractivity contribution in [2.75, 3.05) is 20.1 Å². The standard InChI is InChI=1S/C13H19F2N3O2S/c1-18-6-4-9(5-7-18)17-21(19,20)12-3-2-11(14)10(8-16)13(12)15/h2-3,9,17H,4-8,16H2,1H3. The van der Waals surface area contributed by atoms with E-state index in [1.165, 1.54) is 0 Å². The van der Waals surface area contributed by atoms with Gasteiger partial charge in [-0.25, -0.2) is 21.9 Å². The van der Waals surface area contributed by atoms with E-state index in [-0.39, 0.29) is 6.04 Å². The van der Waals surface area contributed by atoms with Gasteiger partial charge in [-0.05, 0) is 45.1 Å². The van der Waals surface area contributed by atoms with Crippen molar-refractivity contribution in [1.29, 1.82) is 0 Å². The normalized spacial score (nSPS) is 18.1. The van der Waals surface area contributed by atoms with Crippen LogP contribution in [0, 0.1) is 11.6 Å². The molecule has 0 amide bonds. The topological polar surface area (TPSA) is 75.4 Å². The third-order valence-electron chi connectivity index (χ3n) is 3.68. The third-order valence-corrected chi connectivity index (χ3v) is 5.22. The third kappa shape index (κ3) is 3.57. The second-order valence-corrected chi connectivity index (χ2v) is 6.92. The minimum absolute atomic E-state index is 0.239. The average Bonchev–Trinajstić information content (AvgIpc) is 2.41. The lowest BCUT2D eigenvalue weighted by molar-refractivity contribution is 0.248. The molecule has 0 saturated carbocycles. The summed E-state index contributed by atoms with van der Waals surface area (Å²) in [7, 11) is -2.07. The number of sulfonamides is 1. The number of nitrogens with one attached hydrogen (secondary N) is 1. The van der Waals surface area contributed by atoms with E-state index in [0.29, 0.717) is 12.8 Å². The van der Waals surface area contributed by atoms with Gasteiger partial charge in [0.05, 0.1) is 0 Å². The van der Waals surface area contributed by atoms with Crippen LogP contribution in [0.15, 0.2) is 17.0 Å². The first-order chi connectivity index (χ1) is 9.85. The van der Waals surface area contributed by atoms with Crippen LogP contribution >= 0.6 is 0 Å². The first-order valence-electron chi connectivity index (χ1n) is 6.73. The highest BCUT2D eigenvalue weighted by Crippen LogP contribution is 2.22. The zero-order chi connectivity index (χ0) is 15.6. The van der Waals surface area contributed by atoms with Crippen LogP contribution in [0.2, 0.25) is 0 Å². The Morgan fingerprint density at radius 3 is 2.52 bits per heavy atom. The van der Waals surface area contributed by atoms with Gasteiger partial charge in [0, 0.05) is 18.2 Å². The molecule has 3 N–H and O–H groups in total. The van der Waals surface area contributed by atoms with Crippen LogP contribution in [0.3, 0.4) is 0 Å². The number of hydrogen-bond acceptors (Lipinski definition) is 4. The molecule has 0 atom stereocenters. The molecule has 2 rings (SSSR count). The van der Waals surface area contributed by atoms with Crippen LogP contribution in [-0.2, 0) is 16.6 Å². The molecule has 1 aliphatic heterocycles. The van der Waals surface area contributed by atoms with E-state index in [9.17, 15) is 17.2 Å². The number of likely N-dealkylation sites (tertiary alicyclic amines) is 1. The summed E-state index contributed by atoms with van der Waals surface area (Å²) in [6, 6.07) is 1.62. The molecule has 1 aromatic rings. The monoisotopic (exact) mass is 319 g/mol. The molecule has 21 heavy (non-hydrogen) atoms. The van der Waals surface area contributed by atoms with E-state index < -0.39 is 38.7 Å². The van der Waals surface area contributed by atoms with Gasteiger partial charge in [0.2, 0.25) is 10.0 Å². The summed E-state index contributed by atoms with van der Waals surface area (Å²) in [5.41, 5.74) is 4.85. The Balaban J connectivity index is 2.24. The van der Waals surface area contributed by atoms with Crippen LogP contribution in [0.5, 0.6) is 0 Å². The Hall–Kier alpha value is -1.09. The molecule has 1 aromatic carbocycles. The number of halogens is 2. The molecule has 1 fully saturated rings. The number of rotatable bonds is 4. The Morgan fingerprint density at radius 1 is 1.33 bits per heavy atom. The van der Waals surface area contributed by atoms with Crippen LogP contribution < -0.4 is 10.5 Å². The second kappa shape index (κ2) is 6.35. The quantitative estimate of drug-likeness (QED) is 0.861. The van der Waals surface area contributed by atoms with Crippen LogP contribution in [0.25, 0.3) is 0 Å². The molecule has 0 bridgehead atoms. The Bertz CT molecular complexity index is 614. The molecule has 0 unspecified atom stereocenters. The van der Waals surface area contributed by atoms with E-state index in [1.807, 2.05) is 7.05 Å². The summed E-state index contributed by atoms with van der Waals surface area (Å²) < 4.78 is 54.5. The molecule has 1 heterocycles. The van der Waals surface area contributed by atoms with E-state index in [1.54, 1.807) is 0 Å². The smallest absolute Gasteiger partial charge is 0.243 e. The van der Waals surface area contributed by atoms with Gasteiger partial charge in [0.15, 0.2) is 5.82 Å². The number of nitrogens with two attached hydrogens (primary N) is 1. The predicted octanol–water partition coefficient (Wildman–Crippen LogP) is 0.796. The second-order valence-electron chi connectivity index (χ2n) is 5.24. The summed E-state index contributed by atoms with van der Waals surface area (Å²) in [5.74, 6) is -1.95. The van der Waals surface area contributed by atoms with Crippen molar-refractivity contribution < 1.29 is 17.2 Å². The SMILES string of the molecule is CN1CCC(NS(=O)(=O)c2ccc(F)c(CN)c2F)CC1. The minimum atomic E-state index is -4.02. The van der Waals surface area contributed by atoms with Crippen LogP contribution in [0.4, 0.5) is 8.78 Å². The number of benzene rings is 1. The molecular weight excluding hydrogens is 300 g/mol. The number of hydrogen-bond donors (Lipinski definition) is 2. The largest absolute Gasteiger partial charge is 0.326 e. The van der Waals surface area contributed by atoms with Crippen LogP contribution in [-0.4, -0.2) is 39.5 Å². The number of nitrogens with zero attached hydrogens (tertiary/aromatic N) is 1. The average molecular weight is 319 g/mol. The fraction of sp³-hybridized carbons (Fsp3) is 0.538. The highest BCUT2D eigenvalue weighted by atomic mass is 32.2. The maximum absolute atomic E-state index is 14.1. The molecule has 0 aliphatic carbocycles. The maximum atomic E-state index is 14.1. The van der Waals surface area contributed by atoms with Gasteiger partial charge in [-0.1, -0.05) is 0 Å². The zero-order valence-electron chi connectivity index (χ0n) is 11.8. The lowest BCUT2D eigenvalue weighted by Crippen LogP contribution is -2.43. The lowest BCUT2D eigenvalue weighted by atomic mass is 10.1. The summed E-state index contributed by atoms with van der Waals surface area (Å²) >= 11 is 0. The first kappa shape index (κ1) is 16.3. The van der Waals surface area contributed by atoms with Crippen molar-refractivity contribution in [1.82, 2.24) is 9.62 Å². The van der Waals surface area contributed by atoms with Gasteiger partial charge >= 0.3 is 0 Å². The minimum Gasteiger partial charge on any atom is -0.326 e. The summed E-state index contributed by atoms with van der Waals surface area (Å²) in [6.45, 7) is 1.15. The lowest BCUT2D eigenvalue weighted by Gasteiger charge is -2.29. The predicted molar refractivity (Wildman–Crippen MR) is 75.1 cm³/mol.